The van der Waals surface area contributed by atoms with Crippen LogP contribution < -0.4 is 0 Å². The zero-order chi connectivity index (χ0) is 38.4. The van der Waals surface area contributed by atoms with Gasteiger partial charge in [-0.2, -0.15) is 0 Å². The van der Waals surface area contributed by atoms with E-state index >= 15 is 0 Å². The van der Waals surface area contributed by atoms with Crippen molar-refractivity contribution in [1.82, 2.24) is 0 Å². The molecule has 1 aliphatic rings. The van der Waals surface area contributed by atoms with Gasteiger partial charge >= 0.3 is 5.97 Å². The third-order valence-corrected chi connectivity index (χ3v) is 16.6. The van der Waals surface area contributed by atoms with E-state index in [1.807, 2.05) is 6.92 Å². The fourth-order valence-corrected chi connectivity index (χ4v) is 12.8. The molecule has 0 saturated heterocycles. The average molecular weight is 731 g/mol. The maximum absolute atomic E-state index is 12.9. The smallest absolute Gasteiger partial charge is 0.337 e. The van der Waals surface area contributed by atoms with E-state index in [0.29, 0.717) is 35.4 Å². The molecule has 50 heavy (non-hydrogen) atoms. The topological polar surface area (TPSA) is 139 Å². The number of aliphatic hydroxyl groups is 2. The molecule has 12 heteroatoms. The maximum Gasteiger partial charge on any atom is 0.337 e. The molecule has 0 aromatic heterocycles. The Bertz CT molecular complexity index is 1060. The van der Waals surface area contributed by atoms with E-state index in [4.69, 9.17) is 32.8 Å². The lowest BCUT2D eigenvalue weighted by atomic mass is 9.79. The summed E-state index contributed by atoms with van der Waals surface area (Å²) < 4.78 is 39.8. The van der Waals surface area contributed by atoms with Crippen molar-refractivity contribution in [2.24, 2.45) is 11.3 Å². The van der Waals surface area contributed by atoms with Gasteiger partial charge in [0.2, 0.25) is 0 Å². The lowest BCUT2D eigenvalue weighted by Gasteiger charge is -2.42. The third kappa shape index (κ3) is 12.8. The van der Waals surface area contributed by atoms with E-state index < -0.39 is 56.3 Å². The molecular weight excluding hydrogens is 660 g/mol. The summed E-state index contributed by atoms with van der Waals surface area (Å²) >= 11 is 0. The normalized spacial score (nSPS) is 20.0. The van der Waals surface area contributed by atoms with Crippen molar-refractivity contribution < 1.29 is 52.6 Å². The SMILES string of the molecule is CC[C@@H](/C=C(/C)[C@@H](O)C[C@H](C[C@H](O)C(C)(C)C1=CC(=O)C[C@H](C[C@@H](OC)[C@H](OCOC)C(=O)OC)O1)OC)CO[Si](C(C)C)(C(C)C)C(C)C. The van der Waals surface area contributed by atoms with Crippen LogP contribution in [-0.4, -0.2) is 109 Å². The van der Waals surface area contributed by atoms with E-state index in [0.717, 1.165) is 12.0 Å². The highest BCUT2D eigenvalue weighted by Gasteiger charge is 2.45. The summed E-state index contributed by atoms with van der Waals surface area (Å²) in [4.78, 5) is 25.3. The Hall–Kier alpha value is -1.64. The van der Waals surface area contributed by atoms with E-state index in [1.165, 1.54) is 27.4 Å². The molecule has 0 aliphatic carbocycles. The number of ether oxygens (including phenoxy) is 6. The molecule has 292 valence electrons. The van der Waals surface area contributed by atoms with Crippen LogP contribution in [0.5, 0.6) is 0 Å². The summed E-state index contributed by atoms with van der Waals surface area (Å²) in [7, 11) is 3.69. The fourth-order valence-electron chi connectivity index (χ4n) is 7.29. The van der Waals surface area contributed by atoms with Crippen molar-refractivity contribution >= 4 is 20.1 Å². The second-order valence-electron chi connectivity index (χ2n) is 15.2. The average Bonchev–Trinajstić information content (AvgIpc) is 3.05. The molecule has 0 aromatic carbocycles. The standard InChI is InChI=1S/C38H70O11Si/c1-15-28(22-48-50(24(2)3,25(4)5)26(6)7)16-27(8)32(40)19-30(44-12)21-34(41)38(9,10)35-18-29(39)17-31(49-35)20-33(45-13)36(37(42)46-14)47-23-43-11/h16,18,24-26,28,30-34,36,40-41H,15,17,19-23H2,1-14H3/b27-16-/t28-,30+,31+,32-,33+,34-,36-/m0/s1. The van der Waals surface area contributed by atoms with Crippen molar-refractivity contribution in [2.75, 3.05) is 41.8 Å². The number of ketones is 1. The summed E-state index contributed by atoms with van der Waals surface area (Å²) in [6.45, 7) is 21.9. The Morgan fingerprint density at radius 3 is 2.10 bits per heavy atom. The van der Waals surface area contributed by atoms with Gasteiger partial charge in [0, 0.05) is 65.1 Å². The van der Waals surface area contributed by atoms with Gasteiger partial charge in [-0.25, -0.2) is 4.79 Å². The minimum atomic E-state index is -2.01. The van der Waals surface area contributed by atoms with Crippen LogP contribution in [0.15, 0.2) is 23.5 Å². The van der Waals surface area contributed by atoms with Crippen molar-refractivity contribution in [3.05, 3.63) is 23.5 Å². The van der Waals surface area contributed by atoms with Crippen LogP contribution in [0, 0.1) is 11.3 Å². The number of esters is 1. The van der Waals surface area contributed by atoms with Crippen LogP contribution in [-0.2, 0) is 42.4 Å². The first-order valence-corrected chi connectivity index (χ1v) is 20.3. The molecule has 1 aliphatic heterocycles. The highest BCUT2D eigenvalue weighted by molar-refractivity contribution is 6.77. The number of methoxy groups -OCH3 is 4. The first kappa shape index (κ1) is 46.4. The molecule has 1 heterocycles. The summed E-state index contributed by atoms with van der Waals surface area (Å²) in [5.41, 5.74) is 1.36. The Kier molecular flexibility index (Phi) is 20.2. The van der Waals surface area contributed by atoms with Crippen LogP contribution >= 0.6 is 0 Å². The van der Waals surface area contributed by atoms with Crippen LogP contribution in [0.25, 0.3) is 0 Å². The summed E-state index contributed by atoms with van der Waals surface area (Å²) in [6.07, 6.45) is 0.489. The van der Waals surface area contributed by atoms with Gasteiger partial charge in [0.05, 0.1) is 31.5 Å². The number of hydrogen-bond donors (Lipinski definition) is 2. The quantitative estimate of drug-likeness (QED) is 0.0487. The number of carbonyl (C=O) groups is 2. The van der Waals surface area contributed by atoms with E-state index in [9.17, 15) is 19.8 Å². The van der Waals surface area contributed by atoms with Gasteiger partial charge in [-0.1, -0.05) is 68.4 Å². The number of hydrogen-bond acceptors (Lipinski definition) is 11. The third-order valence-electron chi connectivity index (χ3n) is 10.5. The van der Waals surface area contributed by atoms with Crippen LogP contribution in [0.3, 0.4) is 0 Å². The number of rotatable bonds is 24. The van der Waals surface area contributed by atoms with Crippen molar-refractivity contribution in [2.45, 2.75) is 155 Å². The largest absolute Gasteiger partial charge is 0.493 e. The van der Waals surface area contributed by atoms with Gasteiger partial charge in [0.15, 0.2) is 20.2 Å². The van der Waals surface area contributed by atoms with Gasteiger partial charge in [-0.05, 0) is 41.5 Å². The van der Waals surface area contributed by atoms with Crippen LogP contribution in [0.2, 0.25) is 16.6 Å². The molecule has 1 rings (SSSR count). The van der Waals surface area contributed by atoms with Crippen LogP contribution in [0.4, 0.5) is 0 Å². The molecule has 0 unspecified atom stereocenters. The molecule has 0 spiro atoms. The minimum Gasteiger partial charge on any atom is -0.493 e. The summed E-state index contributed by atoms with van der Waals surface area (Å²) in [6, 6.07) is 0. The van der Waals surface area contributed by atoms with Gasteiger partial charge in [0.1, 0.15) is 18.7 Å². The molecule has 0 fully saturated rings. The Labute approximate surface area is 303 Å². The van der Waals surface area contributed by atoms with Gasteiger partial charge < -0.3 is 43.1 Å². The molecule has 11 nitrogen and oxygen atoms in total. The highest BCUT2D eigenvalue weighted by Crippen LogP contribution is 2.43. The molecule has 7 atom stereocenters. The second-order valence-corrected chi connectivity index (χ2v) is 20.7. The van der Waals surface area contributed by atoms with Gasteiger partial charge in [-0.15, -0.1) is 0 Å². The van der Waals surface area contributed by atoms with Crippen molar-refractivity contribution in [3.63, 3.8) is 0 Å². The summed E-state index contributed by atoms with van der Waals surface area (Å²) in [5.74, 6) is -0.296. The molecule has 0 aromatic rings. The van der Waals surface area contributed by atoms with E-state index in [-0.39, 0.29) is 37.8 Å². The lowest BCUT2D eigenvalue weighted by molar-refractivity contribution is -0.178. The highest BCUT2D eigenvalue weighted by atomic mass is 28.4. The monoisotopic (exact) mass is 730 g/mol. The molecule has 0 bridgehead atoms. The zero-order valence-electron chi connectivity index (χ0n) is 33.4. The lowest BCUT2D eigenvalue weighted by Crippen LogP contribution is -2.48. The Morgan fingerprint density at radius 1 is 1.02 bits per heavy atom. The van der Waals surface area contributed by atoms with Crippen molar-refractivity contribution in [3.8, 4) is 0 Å². The minimum absolute atomic E-state index is 0.0750. The summed E-state index contributed by atoms with van der Waals surface area (Å²) in [5, 5.41) is 22.7. The first-order chi connectivity index (χ1) is 23.3. The van der Waals surface area contributed by atoms with Crippen molar-refractivity contribution in [1.29, 1.82) is 0 Å². The fraction of sp³-hybridized carbons (Fsp3) is 0.842. The predicted octanol–water partition coefficient (Wildman–Crippen LogP) is 6.50. The molecule has 0 radical (unpaired) electrons. The molecule has 0 amide bonds. The van der Waals surface area contributed by atoms with Crippen LogP contribution in [0.1, 0.15) is 101 Å². The number of aliphatic hydroxyl groups excluding tert-OH is 2. The van der Waals surface area contributed by atoms with Gasteiger partial charge in [-0.3, -0.25) is 4.79 Å². The first-order valence-electron chi connectivity index (χ1n) is 18.2. The Morgan fingerprint density at radius 2 is 1.62 bits per heavy atom. The number of allylic oxidation sites excluding steroid dienone is 1. The van der Waals surface area contributed by atoms with E-state index in [2.05, 4.69) is 54.5 Å². The predicted molar refractivity (Wildman–Crippen MR) is 197 cm³/mol. The van der Waals surface area contributed by atoms with Gasteiger partial charge in [0.25, 0.3) is 0 Å². The zero-order valence-corrected chi connectivity index (χ0v) is 34.4. The number of carbonyl (C=O) groups excluding carboxylic acids is 2. The molecule has 0 saturated carbocycles. The maximum atomic E-state index is 12.9. The second kappa shape index (κ2) is 21.8. The Balaban J connectivity index is 3.02. The molecule has 2 N–H and O–H groups in total. The van der Waals surface area contributed by atoms with E-state index in [1.54, 1.807) is 21.0 Å². The molecular formula is C38H70O11Si.